The number of nitro groups is 1. The van der Waals surface area contributed by atoms with Gasteiger partial charge in [0.15, 0.2) is 11.2 Å². The number of amides is 1. The van der Waals surface area contributed by atoms with Crippen LogP contribution in [0.2, 0.25) is 0 Å². The molecule has 0 atom stereocenters. The molecule has 1 amide bonds. The van der Waals surface area contributed by atoms with E-state index in [-0.39, 0.29) is 23.4 Å². The fourth-order valence-corrected chi connectivity index (χ4v) is 2.60. The summed E-state index contributed by atoms with van der Waals surface area (Å²) >= 11 is 0. The Morgan fingerprint density at radius 1 is 1.30 bits per heavy atom. The highest BCUT2D eigenvalue weighted by atomic mass is 19.1. The monoisotopic (exact) mass is 376 g/mol. The number of aryl methyl sites for hydroxylation is 1. The molecule has 2 heterocycles. The summed E-state index contributed by atoms with van der Waals surface area (Å²) in [5.74, 6) is -1.64. The molecule has 0 saturated carbocycles. The molecule has 1 N–H and O–H groups in total. The molecule has 0 fully saturated rings. The minimum atomic E-state index is -1.02. The molecule has 0 aliphatic heterocycles. The molecule has 140 valence electrons. The predicted molar refractivity (Wildman–Crippen MR) is 91.9 cm³/mol. The number of nitrogens with zero attached hydrogens (tertiary/aromatic N) is 5. The van der Waals surface area contributed by atoms with Crippen LogP contribution in [0.5, 0.6) is 0 Å². The van der Waals surface area contributed by atoms with Crippen LogP contribution in [-0.2, 0) is 25.4 Å². The normalized spacial score (nSPS) is 10.9. The van der Waals surface area contributed by atoms with Crippen molar-refractivity contribution in [1.29, 1.82) is 0 Å². The number of carbonyl (C=O) groups is 1. The highest BCUT2D eigenvalue weighted by molar-refractivity contribution is 5.91. The van der Waals surface area contributed by atoms with Crippen LogP contribution in [0.4, 0.5) is 15.8 Å². The first-order valence-corrected chi connectivity index (χ1v) is 7.55. The molecular formula is C15H13FN6O5. The lowest BCUT2D eigenvalue weighted by atomic mass is 10.2. The third-order valence-electron chi connectivity index (χ3n) is 3.96. The van der Waals surface area contributed by atoms with Crippen molar-refractivity contribution < 1.29 is 14.1 Å². The van der Waals surface area contributed by atoms with Gasteiger partial charge < -0.3 is 9.88 Å². The Balaban J connectivity index is 1.92. The number of hydrogen-bond acceptors (Lipinski definition) is 6. The van der Waals surface area contributed by atoms with Gasteiger partial charge in [-0.15, -0.1) is 0 Å². The third kappa shape index (κ3) is 3.07. The van der Waals surface area contributed by atoms with E-state index in [4.69, 9.17) is 0 Å². The molecule has 0 spiro atoms. The number of fused-ring (bicyclic) bond motifs is 1. The second-order valence-electron chi connectivity index (χ2n) is 5.72. The van der Waals surface area contributed by atoms with Gasteiger partial charge in [-0.1, -0.05) is 0 Å². The summed E-state index contributed by atoms with van der Waals surface area (Å²) in [6.45, 7) is -0.338. The van der Waals surface area contributed by atoms with Gasteiger partial charge in [-0.2, -0.15) is 4.39 Å². The molecule has 12 heteroatoms. The van der Waals surface area contributed by atoms with Crippen molar-refractivity contribution in [3.63, 3.8) is 0 Å². The van der Waals surface area contributed by atoms with E-state index >= 15 is 0 Å². The van der Waals surface area contributed by atoms with Gasteiger partial charge >= 0.3 is 11.4 Å². The fraction of sp³-hybridized carbons (Fsp3) is 0.200. The first-order chi connectivity index (χ1) is 12.7. The zero-order valence-electron chi connectivity index (χ0n) is 14.2. The Hall–Kier alpha value is -3.83. The quantitative estimate of drug-likeness (QED) is 0.508. The fourth-order valence-electron chi connectivity index (χ4n) is 2.60. The van der Waals surface area contributed by atoms with E-state index < -0.39 is 33.6 Å². The predicted octanol–water partition coefficient (Wildman–Crippen LogP) is 0.120. The molecule has 0 radical (unpaired) electrons. The highest BCUT2D eigenvalue weighted by Gasteiger charge is 2.18. The zero-order valence-corrected chi connectivity index (χ0v) is 14.2. The lowest BCUT2D eigenvalue weighted by Crippen LogP contribution is -2.37. The van der Waals surface area contributed by atoms with E-state index in [0.29, 0.717) is 0 Å². The first-order valence-electron chi connectivity index (χ1n) is 7.55. The van der Waals surface area contributed by atoms with E-state index in [2.05, 4.69) is 10.3 Å². The van der Waals surface area contributed by atoms with E-state index in [0.717, 1.165) is 16.7 Å². The molecule has 3 rings (SSSR count). The van der Waals surface area contributed by atoms with Crippen LogP contribution < -0.4 is 16.6 Å². The number of anilines is 1. The molecular weight excluding hydrogens is 363 g/mol. The number of aromatic nitrogens is 4. The molecule has 1 aromatic carbocycles. The van der Waals surface area contributed by atoms with Crippen molar-refractivity contribution in [1.82, 2.24) is 18.7 Å². The van der Waals surface area contributed by atoms with Gasteiger partial charge in [0.05, 0.1) is 11.3 Å². The van der Waals surface area contributed by atoms with Gasteiger partial charge in [0.25, 0.3) is 5.56 Å². The van der Waals surface area contributed by atoms with Crippen molar-refractivity contribution in [3.05, 3.63) is 61.3 Å². The molecule has 11 nitrogen and oxygen atoms in total. The highest BCUT2D eigenvalue weighted by Crippen LogP contribution is 2.21. The van der Waals surface area contributed by atoms with Crippen LogP contribution in [0.25, 0.3) is 11.2 Å². The number of carbonyl (C=O) groups excluding carboxylic acids is 1. The number of benzene rings is 1. The summed E-state index contributed by atoms with van der Waals surface area (Å²) in [6, 6.07) is 2.93. The van der Waals surface area contributed by atoms with Crippen LogP contribution in [-0.4, -0.2) is 29.5 Å². The van der Waals surface area contributed by atoms with Crippen molar-refractivity contribution in [2.75, 3.05) is 5.32 Å². The van der Waals surface area contributed by atoms with Gasteiger partial charge in [0.2, 0.25) is 11.7 Å². The Morgan fingerprint density at radius 3 is 2.67 bits per heavy atom. The average molecular weight is 376 g/mol. The maximum atomic E-state index is 13.4. The standard InChI is InChI=1S/C15H13FN6O5/c1-19-13-12(14(24)20(2)15(19)25)21(7-17-13)6-11(23)18-8-3-4-9(16)10(5-8)22(26)27/h3-5,7H,6H2,1-2H3,(H,18,23). The molecule has 0 aliphatic rings. The Kier molecular flexibility index (Phi) is 4.31. The largest absolute Gasteiger partial charge is 0.332 e. The average Bonchev–Trinajstić information content (AvgIpc) is 3.03. The Bertz CT molecular complexity index is 1210. The number of hydrogen-bond donors (Lipinski definition) is 1. The SMILES string of the molecule is Cn1c(=O)c2c(ncn2CC(=O)Nc2ccc(F)c([N+](=O)[O-])c2)n(C)c1=O. The second kappa shape index (κ2) is 6.48. The molecule has 0 saturated heterocycles. The summed E-state index contributed by atoms with van der Waals surface area (Å²) in [6.07, 6.45) is 1.23. The van der Waals surface area contributed by atoms with Crippen molar-refractivity contribution in [2.24, 2.45) is 14.1 Å². The summed E-state index contributed by atoms with van der Waals surface area (Å²) in [5.41, 5.74) is -1.74. The lowest BCUT2D eigenvalue weighted by molar-refractivity contribution is -0.387. The molecule has 0 aliphatic carbocycles. The molecule has 0 bridgehead atoms. The number of halogens is 1. The van der Waals surface area contributed by atoms with E-state index in [9.17, 15) is 28.9 Å². The summed E-state index contributed by atoms with van der Waals surface area (Å²) < 4.78 is 16.7. The topological polar surface area (TPSA) is 134 Å². The lowest BCUT2D eigenvalue weighted by Gasteiger charge is -2.08. The molecule has 0 unspecified atom stereocenters. The summed E-state index contributed by atoms with van der Waals surface area (Å²) in [5, 5.41) is 13.2. The van der Waals surface area contributed by atoms with Gasteiger partial charge in [-0.3, -0.25) is 28.8 Å². The smallest absolute Gasteiger partial charge is 0.324 e. The summed E-state index contributed by atoms with van der Waals surface area (Å²) in [4.78, 5) is 50.3. The van der Waals surface area contributed by atoms with E-state index in [1.165, 1.54) is 35.6 Å². The second-order valence-corrected chi connectivity index (χ2v) is 5.72. The van der Waals surface area contributed by atoms with E-state index in [1.54, 1.807) is 0 Å². The van der Waals surface area contributed by atoms with E-state index in [1.807, 2.05) is 0 Å². The number of nitro benzene ring substituents is 1. The van der Waals surface area contributed by atoms with Gasteiger partial charge in [-0.05, 0) is 12.1 Å². The Morgan fingerprint density at radius 2 is 2.00 bits per heavy atom. The number of nitrogens with one attached hydrogen (secondary N) is 1. The maximum Gasteiger partial charge on any atom is 0.332 e. The van der Waals surface area contributed by atoms with Crippen molar-refractivity contribution in [3.8, 4) is 0 Å². The number of rotatable bonds is 4. The van der Waals surface area contributed by atoms with Crippen LogP contribution in [0.1, 0.15) is 0 Å². The van der Waals surface area contributed by atoms with Crippen LogP contribution in [0, 0.1) is 15.9 Å². The number of imidazole rings is 1. The Labute approximate surface area is 149 Å². The first kappa shape index (κ1) is 18.0. The van der Waals surface area contributed by atoms with Crippen LogP contribution in [0.3, 0.4) is 0 Å². The van der Waals surface area contributed by atoms with Crippen LogP contribution >= 0.6 is 0 Å². The van der Waals surface area contributed by atoms with Crippen molar-refractivity contribution >= 4 is 28.4 Å². The van der Waals surface area contributed by atoms with Gasteiger partial charge in [0, 0.05) is 25.8 Å². The minimum Gasteiger partial charge on any atom is -0.324 e. The van der Waals surface area contributed by atoms with Gasteiger partial charge in [-0.25, -0.2) is 9.78 Å². The molecule has 27 heavy (non-hydrogen) atoms. The molecule has 2 aromatic heterocycles. The zero-order chi connectivity index (χ0) is 19.9. The molecule has 3 aromatic rings. The summed E-state index contributed by atoms with van der Waals surface area (Å²) in [7, 11) is 2.75. The van der Waals surface area contributed by atoms with Crippen LogP contribution in [0.15, 0.2) is 34.1 Å². The maximum absolute atomic E-state index is 13.4. The van der Waals surface area contributed by atoms with Crippen molar-refractivity contribution in [2.45, 2.75) is 6.54 Å². The minimum absolute atomic E-state index is 0.0258. The van der Waals surface area contributed by atoms with Gasteiger partial charge in [0.1, 0.15) is 6.54 Å². The third-order valence-corrected chi connectivity index (χ3v) is 3.96.